The first kappa shape index (κ1) is 18.5. The van der Waals surface area contributed by atoms with E-state index in [0.717, 1.165) is 0 Å². The van der Waals surface area contributed by atoms with Gasteiger partial charge in [0.05, 0.1) is 16.5 Å². The smallest absolute Gasteiger partial charge is 0.310 e. The molecule has 1 aromatic carbocycles. The molecule has 130 valence electrons. The van der Waals surface area contributed by atoms with Crippen molar-refractivity contribution in [3.8, 4) is 0 Å². The first-order chi connectivity index (χ1) is 11.4. The van der Waals surface area contributed by atoms with Gasteiger partial charge in [-0.2, -0.15) is 0 Å². The average Bonchev–Trinajstić information content (AvgIpc) is 2.56. The molecule has 0 unspecified atom stereocenters. The third-order valence-corrected chi connectivity index (χ3v) is 4.68. The Bertz CT molecular complexity index is 643. The van der Waals surface area contributed by atoms with Gasteiger partial charge in [-0.1, -0.05) is 29.3 Å². The summed E-state index contributed by atoms with van der Waals surface area (Å²) in [6.07, 6.45) is 1.09. The van der Waals surface area contributed by atoms with E-state index in [0.29, 0.717) is 41.5 Å². The fraction of sp³-hybridized carbons (Fsp3) is 0.438. The molecule has 1 heterocycles. The molecule has 2 rings (SSSR count). The lowest BCUT2D eigenvalue weighted by Gasteiger charge is -2.30. The number of amides is 2. The summed E-state index contributed by atoms with van der Waals surface area (Å²) in [5.41, 5.74) is 5.91. The van der Waals surface area contributed by atoms with Gasteiger partial charge in [0, 0.05) is 19.0 Å². The minimum absolute atomic E-state index is 0.00786. The molecule has 0 spiro atoms. The highest BCUT2D eigenvalue weighted by molar-refractivity contribution is 6.42. The molecule has 0 aromatic heterocycles. The van der Waals surface area contributed by atoms with Crippen molar-refractivity contribution >= 4 is 41.0 Å². The molecule has 1 aliphatic rings. The zero-order valence-electron chi connectivity index (χ0n) is 13.0. The maximum atomic E-state index is 12.0. The number of esters is 1. The maximum absolute atomic E-state index is 12.0. The molecule has 1 aliphatic heterocycles. The highest BCUT2D eigenvalue weighted by Crippen LogP contribution is 2.23. The van der Waals surface area contributed by atoms with E-state index in [4.69, 9.17) is 33.7 Å². The molecule has 0 aliphatic carbocycles. The van der Waals surface area contributed by atoms with Crippen LogP contribution in [0.3, 0.4) is 0 Å². The van der Waals surface area contributed by atoms with E-state index in [-0.39, 0.29) is 30.8 Å². The van der Waals surface area contributed by atoms with Gasteiger partial charge in [-0.3, -0.25) is 14.4 Å². The summed E-state index contributed by atoms with van der Waals surface area (Å²) in [7, 11) is 0. The van der Waals surface area contributed by atoms with E-state index in [9.17, 15) is 14.4 Å². The van der Waals surface area contributed by atoms with Gasteiger partial charge in [0.1, 0.15) is 0 Å². The largest absolute Gasteiger partial charge is 0.455 e. The van der Waals surface area contributed by atoms with Gasteiger partial charge < -0.3 is 15.4 Å². The number of carbonyl (C=O) groups is 3. The SMILES string of the molecule is NC(=O)C1CCN(C(=O)COC(=O)Cc2ccc(Cl)c(Cl)c2)CC1. The Hall–Kier alpha value is -1.79. The summed E-state index contributed by atoms with van der Waals surface area (Å²) in [6, 6.07) is 4.86. The quantitative estimate of drug-likeness (QED) is 0.797. The lowest BCUT2D eigenvalue weighted by molar-refractivity contribution is -0.152. The number of piperidine rings is 1. The molecule has 0 atom stereocenters. The van der Waals surface area contributed by atoms with Gasteiger partial charge in [0.15, 0.2) is 6.61 Å². The lowest BCUT2D eigenvalue weighted by atomic mass is 9.96. The zero-order valence-corrected chi connectivity index (χ0v) is 14.5. The summed E-state index contributed by atoms with van der Waals surface area (Å²) < 4.78 is 5.01. The predicted octanol–water partition coefficient (Wildman–Crippen LogP) is 1.80. The summed E-state index contributed by atoms with van der Waals surface area (Å²) in [4.78, 5) is 36.5. The van der Waals surface area contributed by atoms with Crippen molar-refractivity contribution in [2.24, 2.45) is 11.7 Å². The van der Waals surface area contributed by atoms with Crippen LogP contribution in [0.1, 0.15) is 18.4 Å². The molecule has 6 nitrogen and oxygen atoms in total. The molecule has 1 fully saturated rings. The molecule has 1 saturated heterocycles. The Balaban J connectivity index is 1.76. The molecule has 8 heteroatoms. The van der Waals surface area contributed by atoms with Crippen LogP contribution >= 0.6 is 23.2 Å². The number of hydrogen-bond donors (Lipinski definition) is 1. The second-order valence-electron chi connectivity index (χ2n) is 5.64. The van der Waals surface area contributed by atoms with Crippen molar-refractivity contribution in [2.75, 3.05) is 19.7 Å². The monoisotopic (exact) mass is 372 g/mol. The van der Waals surface area contributed by atoms with Crippen molar-refractivity contribution in [1.29, 1.82) is 0 Å². The van der Waals surface area contributed by atoms with Crippen LogP contribution in [0, 0.1) is 5.92 Å². The number of benzene rings is 1. The number of nitrogens with two attached hydrogens (primary N) is 1. The first-order valence-corrected chi connectivity index (χ1v) is 8.29. The Labute approximate surface area is 149 Å². The van der Waals surface area contributed by atoms with Gasteiger partial charge in [0.25, 0.3) is 5.91 Å². The molecular formula is C16H18Cl2N2O4. The maximum Gasteiger partial charge on any atom is 0.310 e. The fourth-order valence-corrected chi connectivity index (χ4v) is 2.83. The van der Waals surface area contributed by atoms with E-state index in [1.165, 1.54) is 0 Å². The van der Waals surface area contributed by atoms with Gasteiger partial charge in [-0.25, -0.2) is 0 Å². The molecule has 24 heavy (non-hydrogen) atoms. The zero-order chi connectivity index (χ0) is 17.7. The van der Waals surface area contributed by atoms with Crippen LogP contribution < -0.4 is 5.73 Å². The molecular weight excluding hydrogens is 355 g/mol. The summed E-state index contributed by atoms with van der Waals surface area (Å²) in [5.74, 6) is -1.32. The average molecular weight is 373 g/mol. The van der Waals surface area contributed by atoms with Crippen molar-refractivity contribution in [3.63, 3.8) is 0 Å². The van der Waals surface area contributed by atoms with E-state index in [1.807, 2.05) is 0 Å². The van der Waals surface area contributed by atoms with Gasteiger partial charge in [-0.15, -0.1) is 0 Å². The Kier molecular flexibility index (Phi) is 6.45. The van der Waals surface area contributed by atoms with Gasteiger partial charge in [0.2, 0.25) is 5.91 Å². The highest BCUT2D eigenvalue weighted by atomic mass is 35.5. The number of carbonyl (C=O) groups excluding carboxylic acids is 3. The minimum Gasteiger partial charge on any atom is -0.455 e. The van der Waals surface area contributed by atoms with Crippen LogP contribution in [0.15, 0.2) is 18.2 Å². The minimum atomic E-state index is -0.520. The van der Waals surface area contributed by atoms with Crippen molar-refractivity contribution in [3.05, 3.63) is 33.8 Å². The summed E-state index contributed by atoms with van der Waals surface area (Å²) in [5, 5.41) is 0.763. The van der Waals surface area contributed by atoms with Crippen LogP contribution in [0.2, 0.25) is 10.0 Å². The second-order valence-corrected chi connectivity index (χ2v) is 6.46. The van der Waals surface area contributed by atoms with E-state index < -0.39 is 5.97 Å². The number of ether oxygens (including phenoxy) is 1. The molecule has 2 N–H and O–H groups in total. The van der Waals surface area contributed by atoms with Crippen molar-refractivity contribution in [1.82, 2.24) is 4.90 Å². The first-order valence-electron chi connectivity index (χ1n) is 7.53. The topological polar surface area (TPSA) is 89.7 Å². The van der Waals surface area contributed by atoms with Crippen molar-refractivity contribution < 1.29 is 19.1 Å². The normalized spacial score (nSPS) is 15.2. The van der Waals surface area contributed by atoms with E-state index in [2.05, 4.69) is 0 Å². The summed E-state index contributed by atoms with van der Waals surface area (Å²) in [6.45, 7) is 0.564. The Morgan fingerprint density at radius 1 is 1.17 bits per heavy atom. The fourth-order valence-electron chi connectivity index (χ4n) is 2.51. The predicted molar refractivity (Wildman–Crippen MR) is 89.6 cm³/mol. The lowest BCUT2D eigenvalue weighted by Crippen LogP contribution is -2.43. The van der Waals surface area contributed by atoms with Crippen LogP contribution in [0.5, 0.6) is 0 Å². The highest BCUT2D eigenvalue weighted by Gasteiger charge is 2.26. The molecule has 0 radical (unpaired) electrons. The Morgan fingerprint density at radius 3 is 2.42 bits per heavy atom. The van der Waals surface area contributed by atoms with Gasteiger partial charge >= 0.3 is 5.97 Å². The third kappa shape index (κ3) is 5.11. The van der Waals surface area contributed by atoms with E-state index >= 15 is 0 Å². The van der Waals surface area contributed by atoms with Crippen molar-refractivity contribution in [2.45, 2.75) is 19.3 Å². The van der Waals surface area contributed by atoms with Crippen LogP contribution in [-0.2, 0) is 25.5 Å². The number of likely N-dealkylation sites (tertiary alicyclic amines) is 1. The second kappa shape index (κ2) is 8.35. The summed E-state index contributed by atoms with van der Waals surface area (Å²) >= 11 is 11.7. The number of rotatable bonds is 5. The number of nitrogens with zero attached hydrogens (tertiary/aromatic N) is 1. The van der Waals surface area contributed by atoms with Crippen LogP contribution in [0.25, 0.3) is 0 Å². The molecule has 2 amide bonds. The number of primary amides is 1. The number of hydrogen-bond acceptors (Lipinski definition) is 4. The molecule has 1 aromatic rings. The van der Waals surface area contributed by atoms with Gasteiger partial charge in [-0.05, 0) is 30.5 Å². The van der Waals surface area contributed by atoms with Crippen LogP contribution in [-0.4, -0.2) is 42.4 Å². The molecule has 0 bridgehead atoms. The van der Waals surface area contributed by atoms with Crippen LogP contribution in [0.4, 0.5) is 0 Å². The number of halogens is 2. The van der Waals surface area contributed by atoms with E-state index in [1.54, 1.807) is 23.1 Å². The standard InChI is InChI=1S/C16H18Cl2N2O4/c17-12-2-1-10(7-13(12)18)8-15(22)24-9-14(21)20-5-3-11(4-6-20)16(19)23/h1-2,7,11H,3-6,8-9H2,(H2,19,23). The Morgan fingerprint density at radius 2 is 1.83 bits per heavy atom. The third-order valence-electron chi connectivity index (χ3n) is 3.94. The molecule has 0 saturated carbocycles.